The van der Waals surface area contributed by atoms with Crippen LogP contribution in [0.2, 0.25) is 10.0 Å². The first-order chi connectivity index (χ1) is 40.6. The van der Waals surface area contributed by atoms with E-state index in [1.54, 1.807) is 51.8 Å². The van der Waals surface area contributed by atoms with Crippen molar-refractivity contribution in [3.05, 3.63) is 115 Å². The Morgan fingerprint density at radius 2 is 0.849 bits per heavy atom. The van der Waals surface area contributed by atoms with Gasteiger partial charge in [0.25, 0.3) is 0 Å². The molecule has 0 saturated heterocycles. The van der Waals surface area contributed by atoms with Crippen molar-refractivity contribution in [2.75, 3.05) is 120 Å². The third-order valence-electron chi connectivity index (χ3n) is 14.1. The fourth-order valence-corrected chi connectivity index (χ4v) is 12.3. The van der Waals surface area contributed by atoms with Gasteiger partial charge in [0.05, 0.1) is 85.9 Å². The molecule has 2 aliphatic rings. The SMILES string of the molecule is Cc1cc(S(=O)(=O)NCCOCCOCCNC(=O)NCCCCNC(=O)NCCOCCOCCNS(=O)(=O)c2ccc(O[C@H]3c4cc(Cl)cc(C(F)(F)F)c4C[C@@H]3N(C)C)c(C)c2)ccc1O[C@H]1c2cc(Cl)cc(C(F)(F)F)c2C[C@@H]1N(C)C. The van der Waals surface area contributed by atoms with Crippen LogP contribution in [0.15, 0.2) is 70.5 Å². The zero-order chi connectivity index (χ0) is 63.0. The Morgan fingerprint density at radius 3 is 1.17 bits per heavy atom. The molecule has 4 aromatic carbocycles. The van der Waals surface area contributed by atoms with Crippen LogP contribution in [0.3, 0.4) is 0 Å². The number of likely N-dealkylation sites (N-methyl/N-ethyl adjacent to an activating group) is 2. The minimum atomic E-state index is -4.60. The normalized spacial score (nSPS) is 17.0. The summed E-state index contributed by atoms with van der Waals surface area (Å²) >= 11 is 12.2. The second-order valence-electron chi connectivity index (χ2n) is 20.8. The van der Waals surface area contributed by atoms with Crippen LogP contribution >= 0.6 is 23.2 Å². The lowest BCUT2D eigenvalue weighted by atomic mass is 10.0. The third-order valence-corrected chi connectivity index (χ3v) is 17.4. The first-order valence-electron chi connectivity index (χ1n) is 27.6. The maximum Gasteiger partial charge on any atom is 0.416 e. The molecule has 0 fully saturated rings. The Kier molecular flexibility index (Phi) is 25.8. The fraction of sp³-hybridized carbons (Fsp3) is 0.536. The lowest BCUT2D eigenvalue weighted by Crippen LogP contribution is -2.39. The van der Waals surface area contributed by atoms with Crippen molar-refractivity contribution in [1.29, 1.82) is 0 Å². The van der Waals surface area contributed by atoms with Crippen LogP contribution < -0.4 is 40.2 Å². The molecule has 0 aromatic heterocycles. The highest BCUT2D eigenvalue weighted by Crippen LogP contribution is 2.47. The number of rotatable bonds is 33. The second kappa shape index (κ2) is 31.8. The first-order valence-corrected chi connectivity index (χ1v) is 31.3. The zero-order valence-corrected chi connectivity index (χ0v) is 51.6. The summed E-state index contributed by atoms with van der Waals surface area (Å²) in [6.07, 6.45) is -9.41. The molecule has 0 saturated carbocycles. The number of nitrogens with one attached hydrogen (secondary N) is 6. The van der Waals surface area contributed by atoms with Gasteiger partial charge >= 0.3 is 24.4 Å². The Morgan fingerprint density at radius 1 is 0.512 bits per heavy atom. The predicted octanol–water partition coefficient (Wildman–Crippen LogP) is 7.56. The number of unbranched alkanes of at least 4 members (excludes halogenated alkanes) is 1. The molecule has 0 radical (unpaired) electrons. The van der Waals surface area contributed by atoms with Gasteiger partial charge in [0.1, 0.15) is 23.7 Å². The third kappa shape index (κ3) is 20.1. The summed E-state index contributed by atoms with van der Waals surface area (Å²) < 4.78 is 175. The predicted molar refractivity (Wildman–Crippen MR) is 310 cm³/mol. The van der Waals surface area contributed by atoms with Gasteiger partial charge in [-0.1, -0.05) is 23.2 Å². The Balaban J connectivity index is 0.727. The number of halogens is 8. The summed E-state index contributed by atoms with van der Waals surface area (Å²) in [5.74, 6) is 0.627. The molecular formula is C56H74Cl2F6N8O12S2. The summed E-state index contributed by atoms with van der Waals surface area (Å²) in [4.78, 5) is 27.8. The number of nitrogens with zero attached hydrogens (tertiary/aromatic N) is 2. The molecule has 4 atom stereocenters. The topological polar surface area (TPSA) is 236 Å². The van der Waals surface area contributed by atoms with E-state index in [1.165, 1.54) is 48.5 Å². The number of sulfonamides is 2. The van der Waals surface area contributed by atoms with Gasteiger partial charge in [-0.15, -0.1) is 0 Å². The molecule has 0 bridgehead atoms. The summed E-state index contributed by atoms with van der Waals surface area (Å²) in [5, 5.41) is 10.6. The number of amides is 4. The number of ether oxygens (including phenoxy) is 6. The minimum Gasteiger partial charge on any atom is -0.484 e. The summed E-state index contributed by atoms with van der Waals surface area (Å²) in [5.41, 5.74) is 0.205. The molecule has 4 aromatic rings. The number of alkyl halides is 6. The number of urea groups is 2. The molecule has 0 spiro atoms. The van der Waals surface area contributed by atoms with Crippen molar-refractivity contribution < 1.29 is 81.2 Å². The van der Waals surface area contributed by atoms with Crippen molar-refractivity contribution in [3.63, 3.8) is 0 Å². The highest BCUT2D eigenvalue weighted by molar-refractivity contribution is 7.89. The van der Waals surface area contributed by atoms with Crippen LogP contribution in [0.25, 0.3) is 0 Å². The average molecular weight is 1300 g/mol. The number of aryl methyl sites for hydroxylation is 2. The Labute approximate surface area is 507 Å². The second-order valence-corrected chi connectivity index (χ2v) is 25.2. The number of carbonyl (C=O) groups excluding carboxylic acids is 2. The van der Waals surface area contributed by atoms with Crippen LogP contribution in [0.1, 0.15) is 69.6 Å². The molecule has 6 N–H and O–H groups in total. The lowest BCUT2D eigenvalue weighted by Gasteiger charge is -2.28. The van der Waals surface area contributed by atoms with Gasteiger partial charge in [0.2, 0.25) is 20.0 Å². The fourth-order valence-electron chi connectivity index (χ4n) is 9.70. The van der Waals surface area contributed by atoms with Gasteiger partial charge in [-0.2, -0.15) is 26.3 Å². The summed E-state index contributed by atoms with van der Waals surface area (Å²) in [6, 6.07) is 11.7. The molecule has 4 amide bonds. The van der Waals surface area contributed by atoms with Crippen LogP contribution in [0.5, 0.6) is 11.5 Å². The molecule has 0 unspecified atom stereocenters. The number of benzene rings is 4. The number of hydrogen-bond donors (Lipinski definition) is 6. The molecule has 0 heterocycles. The van der Waals surface area contributed by atoms with Crippen molar-refractivity contribution in [3.8, 4) is 11.5 Å². The smallest absolute Gasteiger partial charge is 0.416 e. The van der Waals surface area contributed by atoms with Gasteiger partial charge in [0, 0.05) is 49.3 Å². The van der Waals surface area contributed by atoms with E-state index in [2.05, 4.69) is 30.7 Å². The van der Waals surface area contributed by atoms with E-state index in [-0.39, 0.29) is 135 Å². The van der Waals surface area contributed by atoms with Gasteiger partial charge in [-0.05, 0) is 162 Å². The minimum absolute atomic E-state index is 0.0303. The van der Waals surface area contributed by atoms with E-state index >= 15 is 0 Å². The van der Waals surface area contributed by atoms with Crippen molar-refractivity contribution in [2.45, 2.75) is 86.0 Å². The zero-order valence-electron chi connectivity index (χ0n) is 48.4. The Hall–Kier alpha value is -5.24. The van der Waals surface area contributed by atoms with E-state index in [4.69, 9.17) is 51.6 Å². The quantitative estimate of drug-likeness (QED) is 0.0200. The largest absolute Gasteiger partial charge is 0.484 e. The van der Waals surface area contributed by atoms with Gasteiger partial charge in [0.15, 0.2) is 0 Å². The molecule has 478 valence electrons. The molecule has 20 nitrogen and oxygen atoms in total. The van der Waals surface area contributed by atoms with Crippen LogP contribution in [0.4, 0.5) is 35.9 Å². The molecular weight excluding hydrogens is 1230 g/mol. The number of hydrogen-bond acceptors (Lipinski definition) is 14. The van der Waals surface area contributed by atoms with E-state index in [0.29, 0.717) is 59.7 Å². The standard InChI is InChI=1S/C56H74Cl2F6N8O12S2/c1-35-27-39(9-11-49(35)83-51-43-29-37(57)31-45(55(59,60)61)41(43)33-47(51)71(3)4)85(75,76)69-17-21-81-25-23-79-19-15-67-53(73)65-13-7-8-14-66-54(74)68-16-20-80-24-26-82-22-18-70-86(77,78)40-10-12-50(36(2)28-40)84-52-44-30-38(58)32-46(56(62,63)64)42(44)34-48(52)72(5)6/h9-12,27-32,47-48,51-52,69-70H,7-8,13-26,33-34H2,1-6H3,(H2,65,67,73)(H2,66,68,74)/t47-,48-,51-,52-/m0/s1. The average Bonchev–Trinajstić information content (AvgIpc) is 1.63. The maximum atomic E-state index is 13.9. The molecule has 86 heavy (non-hydrogen) atoms. The van der Waals surface area contributed by atoms with E-state index in [0.717, 1.165) is 12.1 Å². The van der Waals surface area contributed by atoms with Crippen molar-refractivity contribution in [1.82, 2.24) is 40.5 Å². The van der Waals surface area contributed by atoms with Gasteiger partial charge < -0.3 is 59.5 Å². The van der Waals surface area contributed by atoms with E-state index < -0.39 is 67.8 Å². The summed E-state index contributed by atoms with van der Waals surface area (Å²) in [6.45, 7) is 5.66. The number of fused-ring (bicyclic) bond motifs is 2. The van der Waals surface area contributed by atoms with Crippen LogP contribution in [-0.4, -0.2) is 171 Å². The summed E-state index contributed by atoms with van der Waals surface area (Å²) in [7, 11) is -0.900. The molecule has 2 aliphatic carbocycles. The van der Waals surface area contributed by atoms with E-state index in [9.17, 15) is 52.8 Å². The Bertz CT molecular complexity index is 2960. The number of carbonyl (C=O) groups is 2. The molecule has 30 heteroatoms. The van der Waals surface area contributed by atoms with Gasteiger partial charge in [-0.25, -0.2) is 35.9 Å². The molecule has 0 aliphatic heterocycles. The monoisotopic (exact) mass is 1300 g/mol. The maximum absolute atomic E-state index is 13.9. The highest BCUT2D eigenvalue weighted by atomic mass is 35.5. The first kappa shape index (κ1) is 69.9. The molecule has 6 rings (SSSR count). The lowest BCUT2D eigenvalue weighted by molar-refractivity contribution is -0.139. The van der Waals surface area contributed by atoms with Crippen molar-refractivity contribution in [2.24, 2.45) is 0 Å². The van der Waals surface area contributed by atoms with Crippen LogP contribution in [0, 0.1) is 13.8 Å². The van der Waals surface area contributed by atoms with Gasteiger partial charge in [-0.3, -0.25) is 0 Å². The van der Waals surface area contributed by atoms with E-state index in [1.807, 2.05) is 0 Å². The van der Waals surface area contributed by atoms with Crippen molar-refractivity contribution >= 4 is 55.3 Å². The van der Waals surface area contributed by atoms with Crippen LogP contribution in [-0.2, 0) is 64.2 Å². The highest BCUT2D eigenvalue weighted by Gasteiger charge is 2.45.